The molecule has 0 aromatic carbocycles. The minimum absolute atomic E-state index is 0.00470. The van der Waals surface area contributed by atoms with E-state index in [1.165, 1.54) is 12.8 Å². The van der Waals surface area contributed by atoms with E-state index in [1.54, 1.807) is 11.1 Å². The lowest BCUT2D eigenvalue weighted by molar-refractivity contribution is -0.129. The molecule has 2 aliphatic rings. The summed E-state index contributed by atoms with van der Waals surface area (Å²) in [7, 11) is 0. The fourth-order valence-electron chi connectivity index (χ4n) is 2.82. The summed E-state index contributed by atoms with van der Waals surface area (Å²) in [6.07, 6.45) is 7.67. The van der Waals surface area contributed by atoms with E-state index in [4.69, 9.17) is 0 Å². The third-order valence-electron chi connectivity index (χ3n) is 4.06. The van der Waals surface area contributed by atoms with Gasteiger partial charge in [-0.1, -0.05) is 18.1 Å². The van der Waals surface area contributed by atoms with Crippen molar-refractivity contribution in [3.05, 3.63) is 11.1 Å². The van der Waals surface area contributed by atoms with Crippen molar-refractivity contribution in [2.24, 2.45) is 5.41 Å². The Morgan fingerprint density at radius 1 is 1.14 bits per heavy atom. The Labute approximate surface area is 86.6 Å². The highest BCUT2D eigenvalue weighted by atomic mass is 16.1. The smallest absolute Gasteiger partial charge is 0.139 e. The van der Waals surface area contributed by atoms with Crippen molar-refractivity contribution in [1.29, 1.82) is 0 Å². The first-order chi connectivity index (χ1) is 6.62. The fraction of sp³-hybridized carbons (Fsp3) is 0.769. The minimum atomic E-state index is -0.00470. The Balaban J connectivity index is 2.29. The zero-order chi connectivity index (χ0) is 10.2. The molecule has 2 aliphatic carbocycles. The molecule has 0 aromatic rings. The summed E-state index contributed by atoms with van der Waals surface area (Å²) in [4.78, 5) is 12.0. The molecule has 0 heterocycles. The number of Topliss-reactive ketones (excluding diaryl/α,β-unsaturated/α-hetero) is 1. The lowest BCUT2D eigenvalue weighted by Crippen LogP contribution is -2.32. The maximum Gasteiger partial charge on any atom is 0.139 e. The van der Waals surface area contributed by atoms with Gasteiger partial charge in [0.05, 0.1) is 0 Å². The van der Waals surface area contributed by atoms with Crippen molar-refractivity contribution in [2.75, 3.05) is 0 Å². The Kier molecular flexibility index (Phi) is 2.50. The van der Waals surface area contributed by atoms with E-state index < -0.39 is 0 Å². The highest BCUT2D eigenvalue weighted by molar-refractivity contribution is 5.85. The van der Waals surface area contributed by atoms with Crippen LogP contribution in [0.4, 0.5) is 0 Å². The fourth-order valence-corrected chi connectivity index (χ4v) is 2.82. The van der Waals surface area contributed by atoms with Crippen molar-refractivity contribution < 1.29 is 4.79 Å². The quantitative estimate of drug-likeness (QED) is 0.535. The van der Waals surface area contributed by atoms with Gasteiger partial charge in [0.25, 0.3) is 0 Å². The molecule has 0 N–H and O–H groups in total. The first-order valence-corrected chi connectivity index (χ1v) is 5.83. The Morgan fingerprint density at radius 3 is 2.64 bits per heavy atom. The van der Waals surface area contributed by atoms with Crippen LogP contribution in [-0.2, 0) is 4.79 Å². The topological polar surface area (TPSA) is 17.1 Å². The van der Waals surface area contributed by atoms with Gasteiger partial charge in [-0.05, 0) is 45.4 Å². The molecule has 1 fully saturated rings. The number of fused-ring (bicyclic) bond motifs is 2. The van der Waals surface area contributed by atoms with Gasteiger partial charge in [-0.2, -0.15) is 0 Å². The second-order valence-corrected chi connectivity index (χ2v) is 5.25. The molecular weight excluding hydrogens is 172 g/mol. The van der Waals surface area contributed by atoms with E-state index >= 15 is 0 Å². The molecule has 78 valence electrons. The summed E-state index contributed by atoms with van der Waals surface area (Å²) >= 11 is 0. The number of hydrogen-bond acceptors (Lipinski definition) is 1. The first kappa shape index (κ1) is 9.95. The summed E-state index contributed by atoms with van der Waals surface area (Å²) in [6, 6.07) is 0. The highest BCUT2D eigenvalue weighted by Gasteiger charge is 2.36. The van der Waals surface area contributed by atoms with Crippen LogP contribution < -0.4 is 0 Å². The van der Waals surface area contributed by atoms with Crippen molar-refractivity contribution >= 4 is 5.78 Å². The Morgan fingerprint density at radius 2 is 1.86 bits per heavy atom. The maximum absolute atomic E-state index is 12.0. The van der Waals surface area contributed by atoms with Gasteiger partial charge in [0.1, 0.15) is 5.78 Å². The molecule has 0 aliphatic heterocycles. The van der Waals surface area contributed by atoms with Crippen LogP contribution in [0.3, 0.4) is 0 Å². The summed E-state index contributed by atoms with van der Waals surface area (Å²) in [6.45, 7) is 4.42. The SMILES string of the molecule is CC1=C2CCCCC(=O)C(C)(CC1)C2. The zero-order valence-electron chi connectivity index (χ0n) is 9.36. The molecule has 2 bridgehead atoms. The van der Waals surface area contributed by atoms with E-state index in [0.29, 0.717) is 5.78 Å². The Bertz CT molecular complexity index is 288. The summed E-state index contributed by atoms with van der Waals surface area (Å²) in [5, 5.41) is 0. The van der Waals surface area contributed by atoms with Gasteiger partial charge in [0.2, 0.25) is 0 Å². The molecule has 1 heteroatoms. The van der Waals surface area contributed by atoms with Crippen LogP contribution in [0.5, 0.6) is 0 Å². The molecule has 14 heavy (non-hydrogen) atoms. The predicted octanol–water partition coefficient (Wildman–Crippen LogP) is 3.64. The normalized spacial score (nSPS) is 34.0. The summed E-state index contributed by atoms with van der Waals surface area (Å²) < 4.78 is 0. The second kappa shape index (κ2) is 3.52. The molecule has 1 atom stereocenters. The number of allylic oxidation sites excluding steroid dienone is 2. The lowest BCUT2D eigenvalue weighted by Gasteiger charge is -2.36. The van der Waals surface area contributed by atoms with Crippen LogP contribution in [0, 0.1) is 5.41 Å². The molecule has 0 aromatic heterocycles. The number of rotatable bonds is 0. The van der Waals surface area contributed by atoms with Crippen LogP contribution in [0.15, 0.2) is 11.1 Å². The van der Waals surface area contributed by atoms with Crippen molar-refractivity contribution in [3.63, 3.8) is 0 Å². The monoisotopic (exact) mass is 192 g/mol. The maximum atomic E-state index is 12.0. The minimum Gasteiger partial charge on any atom is -0.299 e. The first-order valence-electron chi connectivity index (χ1n) is 5.83. The van der Waals surface area contributed by atoms with E-state index in [-0.39, 0.29) is 5.41 Å². The standard InChI is InChI=1S/C13H20O/c1-10-7-8-13(2)9-11(10)5-3-4-6-12(13)14/h3-9H2,1-2H3. The third kappa shape index (κ3) is 1.65. The van der Waals surface area contributed by atoms with Gasteiger partial charge in [0.15, 0.2) is 0 Å². The highest BCUT2D eigenvalue weighted by Crippen LogP contribution is 2.43. The van der Waals surface area contributed by atoms with Crippen molar-refractivity contribution in [3.8, 4) is 0 Å². The number of carbonyl (C=O) groups excluding carboxylic acids is 1. The number of ketones is 1. The average Bonchev–Trinajstić information content (AvgIpc) is 2.15. The molecule has 1 saturated carbocycles. The Hall–Kier alpha value is -0.590. The predicted molar refractivity (Wildman–Crippen MR) is 58.1 cm³/mol. The van der Waals surface area contributed by atoms with Gasteiger partial charge >= 0.3 is 0 Å². The molecule has 0 radical (unpaired) electrons. The molecule has 0 saturated heterocycles. The van der Waals surface area contributed by atoms with Crippen molar-refractivity contribution in [1.82, 2.24) is 0 Å². The second-order valence-electron chi connectivity index (χ2n) is 5.25. The van der Waals surface area contributed by atoms with E-state index in [9.17, 15) is 4.79 Å². The molecule has 0 amide bonds. The van der Waals surface area contributed by atoms with Crippen LogP contribution >= 0.6 is 0 Å². The summed E-state index contributed by atoms with van der Waals surface area (Å²) in [5.41, 5.74) is 3.15. The van der Waals surface area contributed by atoms with Gasteiger partial charge in [-0.25, -0.2) is 0 Å². The number of hydrogen-bond donors (Lipinski definition) is 0. The van der Waals surface area contributed by atoms with Crippen LogP contribution in [0.1, 0.15) is 58.8 Å². The van der Waals surface area contributed by atoms with Crippen LogP contribution in [0.25, 0.3) is 0 Å². The molecule has 1 unspecified atom stereocenters. The van der Waals surface area contributed by atoms with Gasteiger partial charge in [-0.15, -0.1) is 0 Å². The molecule has 0 spiro atoms. The van der Waals surface area contributed by atoms with E-state index in [0.717, 1.165) is 32.1 Å². The lowest BCUT2D eigenvalue weighted by atomic mass is 9.67. The molecular formula is C13H20O. The average molecular weight is 192 g/mol. The van der Waals surface area contributed by atoms with Crippen molar-refractivity contribution in [2.45, 2.75) is 58.8 Å². The largest absolute Gasteiger partial charge is 0.299 e. The van der Waals surface area contributed by atoms with Gasteiger partial charge in [0, 0.05) is 11.8 Å². The summed E-state index contributed by atoms with van der Waals surface area (Å²) in [5.74, 6) is 0.516. The molecule has 1 nitrogen and oxygen atoms in total. The van der Waals surface area contributed by atoms with Gasteiger partial charge in [-0.3, -0.25) is 4.79 Å². The zero-order valence-corrected chi connectivity index (χ0v) is 9.36. The molecule has 2 rings (SSSR count). The van der Waals surface area contributed by atoms with Crippen LogP contribution in [-0.4, -0.2) is 5.78 Å². The van der Waals surface area contributed by atoms with E-state index in [2.05, 4.69) is 13.8 Å². The van der Waals surface area contributed by atoms with Crippen LogP contribution in [0.2, 0.25) is 0 Å². The third-order valence-corrected chi connectivity index (χ3v) is 4.06. The number of carbonyl (C=O) groups is 1. The van der Waals surface area contributed by atoms with E-state index in [1.807, 2.05) is 0 Å². The van der Waals surface area contributed by atoms with Gasteiger partial charge < -0.3 is 0 Å².